The number of H-pyrrole nitrogens is 2. The first-order chi connectivity index (χ1) is 14.7. The zero-order valence-electron chi connectivity index (χ0n) is 16.3. The van der Waals surface area contributed by atoms with Gasteiger partial charge in [-0.25, -0.2) is 4.98 Å². The molecular weight excluding hydrogens is 384 g/mol. The molecule has 1 aromatic carbocycles. The first-order valence-corrected chi connectivity index (χ1v) is 9.36. The van der Waals surface area contributed by atoms with Crippen LogP contribution in [0.15, 0.2) is 24.4 Å². The maximum Gasteiger partial charge on any atom is 0.208 e. The van der Waals surface area contributed by atoms with Gasteiger partial charge in [0.05, 0.1) is 28.2 Å². The SMILES string of the molecule is CNc1nc(Nc2ccc(-c3cc(C)n[nH]3)c3c2OCCO3)[nH]c2ncc(C#N)c1-2. The van der Waals surface area contributed by atoms with Crippen molar-refractivity contribution in [3.8, 4) is 40.2 Å². The minimum absolute atomic E-state index is 0.445. The van der Waals surface area contributed by atoms with Crippen molar-refractivity contribution in [2.75, 3.05) is 30.9 Å². The number of anilines is 3. The van der Waals surface area contributed by atoms with Crippen molar-refractivity contribution in [3.63, 3.8) is 0 Å². The topological polar surface area (TPSA) is 137 Å². The van der Waals surface area contributed by atoms with Crippen LogP contribution in [-0.2, 0) is 0 Å². The predicted octanol–water partition coefficient (Wildman–Crippen LogP) is 3.04. The molecule has 0 aliphatic carbocycles. The fourth-order valence-corrected chi connectivity index (χ4v) is 3.49. The van der Waals surface area contributed by atoms with Crippen LogP contribution in [0.3, 0.4) is 0 Å². The van der Waals surface area contributed by atoms with E-state index in [2.05, 4.69) is 41.9 Å². The highest BCUT2D eigenvalue weighted by atomic mass is 16.6. The van der Waals surface area contributed by atoms with Gasteiger partial charge in [-0.2, -0.15) is 15.3 Å². The van der Waals surface area contributed by atoms with Gasteiger partial charge in [0, 0.05) is 18.8 Å². The Hall–Kier alpha value is -4.26. The third-order valence-electron chi connectivity index (χ3n) is 4.82. The Labute approximate surface area is 171 Å². The highest BCUT2D eigenvalue weighted by Gasteiger charge is 2.24. The van der Waals surface area contributed by atoms with Crippen molar-refractivity contribution in [1.82, 2.24) is 25.1 Å². The maximum absolute atomic E-state index is 9.29. The van der Waals surface area contributed by atoms with Gasteiger partial charge in [-0.3, -0.25) is 5.10 Å². The van der Waals surface area contributed by atoms with Crippen LogP contribution in [0.1, 0.15) is 11.3 Å². The summed E-state index contributed by atoms with van der Waals surface area (Å²) in [5.74, 6) is 2.80. The molecule has 0 atom stereocenters. The van der Waals surface area contributed by atoms with E-state index in [4.69, 9.17) is 9.47 Å². The fraction of sp³-hybridized carbons (Fsp3) is 0.200. The molecule has 0 amide bonds. The second-order valence-corrected chi connectivity index (χ2v) is 6.76. The summed E-state index contributed by atoms with van der Waals surface area (Å²) in [6, 6.07) is 7.93. The molecule has 0 bridgehead atoms. The Morgan fingerprint density at radius 1 is 1.20 bits per heavy atom. The standard InChI is InChI=1S/C20H18N8O2/c1-10-7-14(28-27-10)12-3-4-13(17-16(12)29-5-6-30-17)24-20-25-18(22-2)15-11(8-21)9-23-19(15)26-20/h3-4,7,9H,5-6H2,1-2H3,(H,27,28)(H3,22,23,24,25,26). The molecule has 5 rings (SSSR count). The highest BCUT2D eigenvalue weighted by Crippen LogP contribution is 2.45. The first-order valence-electron chi connectivity index (χ1n) is 9.36. The van der Waals surface area contributed by atoms with Crippen LogP contribution in [0, 0.1) is 18.3 Å². The molecule has 30 heavy (non-hydrogen) atoms. The van der Waals surface area contributed by atoms with Gasteiger partial charge in [0.15, 0.2) is 11.5 Å². The second kappa shape index (κ2) is 6.97. The molecule has 0 saturated heterocycles. The number of nitriles is 1. The summed E-state index contributed by atoms with van der Waals surface area (Å²) in [6.45, 7) is 2.83. The summed E-state index contributed by atoms with van der Waals surface area (Å²) >= 11 is 0. The molecular formula is C20H18N8O2. The van der Waals surface area contributed by atoms with Crippen LogP contribution in [-0.4, -0.2) is 45.4 Å². The molecule has 0 saturated carbocycles. The third kappa shape index (κ3) is 2.84. The monoisotopic (exact) mass is 402 g/mol. The number of aryl methyl sites for hydroxylation is 1. The lowest BCUT2D eigenvalue weighted by Crippen LogP contribution is -2.17. The molecule has 10 heteroatoms. The minimum Gasteiger partial charge on any atom is -0.485 e. The summed E-state index contributed by atoms with van der Waals surface area (Å²) in [6.07, 6.45) is 1.52. The van der Waals surface area contributed by atoms with E-state index in [1.54, 1.807) is 7.05 Å². The zero-order valence-corrected chi connectivity index (χ0v) is 16.3. The summed E-state index contributed by atoms with van der Waals surface area (Å²) < 4.78 is 11.8. The lowest BCUT2D eigenvalue weighted by molar-refractivity contribution is 0.173. The molecule has 0 spiro atoms. The fourth-order valence-electron chi connectivity index (χ4n) is 3.49. The van der Waals surface area contributed by atoms with Crippen LogP contribution in [0.2, 0.25) is 0 Å². The first kappa shape index (κ1) is 17.8. The summed E-state index contributed by atoms with van der Waals surface area (Å²) in [4.78, 5) is 12.0. The predicted molar refractivity (Wildman–Crippen MR) is 110 cm³/mol. The maximum atomic E-state index is 9.29. The molecule has 4 heterocycles. The van der Waals surface area contributed by atoms with E-state index < -0.39 is 0 Å². The molecule has 2 aromatic rings. The van der Waals surface area contributed by atoms with Crippen molar-refractivity contribution in [1.29, 1.82) is 5.26 Å². The number of fused-ring (bicyclic) bond motifs is 2. The van der Waals surface area contributed by atoms with E-state index in [1.807, 2.05) is 25.1 Å². The van der Waals surface area contributed by atoms with Crippen molar-refractivity contribution < 1.29 is 9.47 Å². The Kier molecular flexibility index (Phi) is 4.14. The molecule has 0 radical (unpaired) electrons. The normalized spacial score (nSPS) is 12.6. The molecule has 3 aliphatic rings. The van der Waals surface area contributed by atoms with E-state index in [-0.39, 0.29) is 0 Å². The molecule has 150 valence electrons. The molecule has 3 aliphatic heterocycles. The third-order valence-corrected chi connectivity index (χ3v) is 4.82. The number of benzene rings is 1. The van der Waals surface area contributed by atoms with Gasteiger partial charge in [0.25, 0.3) is 0 Å². The number of aromatic nitrogens is 5. The largest absolute Gasteiger partial charge is 0.485 e. The van der Waals surface area contributed by atoms with Crippen LogP contribution >= 0.6 is 0 Å². The molecule has 0 fully saturated rings. The Bertz CT molecular complexity index is 1250. The van der Waals surface area contributed by atoms with E-state index in [0.717, 1.165) is 17.0 Å². The van der Waals surface area contributed by atoms with Crippen LogP contribution in [0.25, 0.3) is 22.6 Å². The number of hydrogen-bond acceptors (Lipinski definition) is 8. The van der Waals surface area contributed by atoms with Crippen LogP contribution < -0.4 is 20.1 Å². The van der Waals surface area contributed by atoms with Gasteiger partial charge in [0.2, 0.25) is 5.95 Å². The average Bonchev–Trinajstić information content (AvgIpc) is 3.39. The van der Waals surface area contributed by atoms with Crippen molar-refractivity contribution in [2.45, 2.75) is 6.92 Å². The van der Waals surface area contributed by atoms with Crippen molar-refractivity contribution >= 4 is 17.5 Å². The van der Waals surface area contributed by atoms with E-state index in [1.165, 1.54) is 6.20 Å². The number of aromatic amines is 2. The summed E-state index contributed by atoms with van der Waals surface area (Å²) in [5.41, 5.74) is 4.42. The molecule has 0 unspecified atom stereocenters. The smallest absolute Gasteiger partial charge is 0.208 e. The average molecular weight is 402 g/mol. The second-order valence-electron chi connectivity index (χ2n) is 6.76. The van der Waals surface area contributed by atoms with Gasteiger partial charge in [-0.1, -0.05) is 0 Å². The number of hydrogen-bond donors (Lipinski definition) is 4. The Morgan fingerprint density at radius 2 is 2.03 bits per heavy atom. The molecule has 4 N–H and O–H groups in total. The number of ether oxygens (including phenoxy) is 2. The zero-order chi connectivity index (χ0) is 20.7. The van der Waals surface area contributed by atoms with E-state index >= 15 is 0 Å². The van der Waals surface area contributed by atoms with Crippen molar-refractivity contribution in [2.24, 2.45) is 0 Å². The van der Waals surface area contributed by atoms with Gasteiger partial charge < -0.3 is 25.1 Å². The lowest BCUT2D eigenvalue weighted by atomic mass is 10.1. The van der Waals surface area contributed by atoms with Crippen LogP contribution in [0.4, 0.5) is 17.5 Å². The molecule has 10 nitrogen and oxygen atoms in total. The van der Waals surface area contributed by atoms with Crippen molar-refractivity contribution in [3.05, 3.63) is 35.7 Å². The lowest BCUT2D eigenvalue weighted by Gasteiger charge is -2.23. The van der Waals surface area contributed by atoms with Gasteiger partial charge in [-0.15, -0.1) is 0 Å². The van der Waals surface area contributed by atoms with Gasteiger partial charge in [0.1, 0.15) is 30.9 Å². The Morgan fingerprint density at radius 3 is 2.77 bits per heavy atom. The van der Waals surface area contributed by atoms with Crippen LogP contribution in [0.5, 0.6) is 11.5 Å². The minimum atomic E-state index is 0.445. The van der Waals surface area contributed by atoms with E-state index in [0.29, 0.717) is 59.1 Å². The quantitative estimate of drug-likeness (QED) is 0.409. The van der Waals surface area contributed by atoms with Gasteiger partial charge >= 0.3 is 0 Å². The number of nitrogens with zero attached hydrogens (tertiary/aromatic N) is 4. The van der Waals surface area contributed by atoms with Gasteiger partial charge in [-0.05, 0) is 25.1 Å². The summed E-state index contributed by atoms with van der Waals surface area (Å²) in [5, 5.41) is 22.8. The summed E-state index contributed by atoms with van der Waals surface area (Å²) in [7, 11) is 1.75. The number of nitrogens with one attached hydrogen (secondary N) is 4. The molecule has 1 aromatic heterocycles. The number of rotatable bonds is 4. The Balaban J connectivity index is 1.57. The highest BCUT2D eigenvalue weighted by molar-refractivity contribution is 5.82. The van der Waals surface area contributed by atoms with E-state index in [9.17, 15) is 5.26 Å².